The van der Waals surface area contributed by atoms with E-state index in [1.165, 1.54) is 0 Å². The summed E-state index contributed by atoms with van der Waals surface area (Å²) in [5.74, 6) is 0.343. The van der Waals surface area contributed by atoms with Gasteiger partial charge in [-0.3, -0.25) is 4.52 Å². The Kier molecular flexibility index (Phi) is 6.60. The third-order valence-electron chi connectivity index (χ3n) is 1.46. The van der Waals surface area contributed by atoms with Gasteiger partial charge in [-0.15, -0.1) is 0 Å². The van der Waals surface area contributed by atoms with Gasteiger partial charge in [-0.05, 0) is 12.3 Å². The SMILES string of the molecule is CCCCOP(=O)(O)NCC(C)C. The first kappa shape index (κ1) is 13.1. The molecule has 0 aliphatic carbocycles. The first-order valence-electron chi connectivity index (χ1n) is 4.70. The van der Waals surface area contributed by atoms with Gasteiger partial charge in [0.05, 0.1) is 6.61 Å². The van der Waals surface area contributed by atoms with Crippen molar-refractivity contribution in [1.29, 1.82) is 0 Å². The second-order valence-electron chi connectivity index (χ2n) is 3.46. The van der Waals surface area contributed by atoms with Gasteiger partial charge in [-0.2, -0.15) is 0 Å². The molecule has 0 fully saturated rings. The Labute approximate surface area is 80.3 Å². The van der Waals surface area contributed by atoms with Crippen molar-refractivity contribution in [2.75, 3.05) is 13.2 Å². The summed E-state index contributed by atoms with van der Waals surface area (Å²) in [6.45, 7) is 6.79. The van der Waals surface area contributed by atoms with Crippen molar-refractivity contribution < 1.29 is 14.0 Å². The zero-order chi connectivity index (χ0) is 10.3. The molecular formula is C8H20NO3P. The predicted molar refractivity (Wildman–Crippen MR) is 53.5 cm³/mol. The first-order valence-corrected chi connectivity index (χ1v) is 6.28. The molecule has 1 atom stereocenters. The van der Waals surface area contributed by atoms with Crippen LogP contribution in [0.25, 0.3) is 0 Å². The molecule has 0 heterocycles. The fraction of sp³-hybridized carbons (Fsp3) is 1.00. The molecule has 80 valence electrons. The lowest BCUT2D eigenvalue weighted by Gasteiger charge is -2.14. The fourth-order valence-corrected chi connectivity index (χ4v) is 1.74. The maximum Gasteiger partial charge on any atom is 0.402 e. The number of nitrogens with one attached hydrogen (secondary N) is 1. The molecule has 0 saturated heterocycles. The standard InChI is InChI=1S/C8H20NO3P/c1-4-5-6-12-13(10,11)9-7-8(2)3/h8H,4-7H2,1-3H3,(H2,9,10,11). The van der Waals surface area contributed by atoms with Crippen LogP contribution in [0.15, 0.2) is 0 Å². The van der Waals surface area contributed by atoms with E-state index >= 15 is 0 Å². The van der Waals surface area contributed by atoms with Crippen LogP contribution in [-0.4, -0.2) is 18.0 Å². The topological polar surface area (TPSA) is 58.6 Å². The van der Waals surface area contributed by atoms with Crippen molar-refractivity contribution in [1.82, 2.24) is 5.09 Å². The van der Waals surface area contributed by atoms with E-state index in [1.54, 1.807) is 0 Å². The highest BCUT2D eigenvalue weighted by Gasteiger charge is 2.17. The number of hydrogen-bond acceptors (Lipinski definition) is 2. The molecule has 0 aromatic rings. The van der Waals surface area contributed by atoms with Gasteiger partial charge in [-0.1, -0.05) is 27.2 Å². The zero-order valence-electron chi connectivity index (χ0n) is 8.62. The maximum absolute atomic E-state index is 11.2. The van der Waals surface area contributed by atoms with Crippen molar-refractivity contribution in [2.45, 2.75) is 33.6 Å². The summed E-state index contributed by atoms with van der Waals surface area (Å²) in [5.41, 5.74) is 0. The van der Waals surface area contributed by atoms with Gasteiger partial charge in [0.2, 0.25) is 0 Å². The summed E-state index contributed by atoms with van der Waals surface area (Å²) in [4.78, 5) is 9.21. The Bertz CT molecular complexity index is 173. The van der Waals surface area contributed by atoms with E-state index in [0.717, 1.165) is 12.8 Å². The van der Waals surface area contributed by atoms with Crippen LogP contribution in [-0.2, 0) is 9.09 Å². The van der Waals surface area contributed by atoms with Crippen molar-refractivity contribution in [3.63, 3.8) is 0 Å². The highest BCUT2D eigenvalue weighted by molar-refractivity contribution is 7.50. The minimum absolute atomic E-state index is 0.343. The second kappa shape index (κ2) is 6.55. The molecule has 5 heteroatoms. The van der Waals surface area contributed by atoms with Gasteiger partial charge < -0.3 is 4.89 Å². The molecule has 4 nitrogen and oxygen atoms in total. The zero-order valence-corrected chi connectivity index (χ0v) is 9.51. The van der Waals surface area contributed by atoms with Crippen molar-refractivity contribution in [2.24, 2.45) is 5.92 Å². The van der Waals surface area contributed by atoms with Crippen molar-refractivity contribution >= 4 is 7.75 Å². The van der Waals surface area contributed by atoms with E-state index in [4.69, 9.17) is 4.52 Å². The van der Waals surface area contributed by atoms with Gasteiger partial charge >= 0.3 is 7.75 Å². The Morgan fingerprint density at radius 2 is 2.15 bits per heavy atom. The summed E-state index contributed by atoms with van der Waals surface area (Å²) in [5, 5.41) is 2.51. The lowest BCUT2D eigenvalue weighted by Crippen LogP contribution is -2.18. The van der Waals surface area contributed by atoms with Crippen LogP contribution in [0.3, 0.4) is 0 Å². The molecule has 13 heavy (non-hydrogen) atoms. The Morgan fingerprint density at radius 3 is 2.62 bits per heavy atom. The highest BCUT2D eigenvalue weighted by Crippen LogP contribution is 2.36. The molecule has 2 N–H and O–H groups in total. The van der Waals surface area contributed by atoms with E-state index in [2.05, 4.69) is 5.09 Å². The number of hydrogen-bond donors (Lipinski definition) is 2. The van der Waals surface area contributed by atoms with E-state index in [-0.39, 0.29) is 0 Å². The van der Waals surface area contributed by atoms with Crippen LogP contribution in [0, 0.1) is 5.92 Å². The van der Waals surface area contributed by atoms with Crippen LogP contribution in [0.2, 0.25) is 0 Å². The molecule has 0 aliphatic heterocycles. The quantitative estimate of drug-likeness (QED) is 0.498. The average molecular weight is 209 g/mol. The van der Waals surface area contributed by atoms with E-state index in [1.807, 2.05) is 20.8 Å². The lowest BCUT2D eigenvalue weighted by atomic mass is 10.2. The van der Waals surface area contributed by atoms with Crippen LogP contribution >= 0.6 is 7.75 Å². The minimum Gasteiger partial charge on any atom is -0.312 e. The molecule has 0 saturated carbocycles. The van der Waals surface area contributed by atoms with Gasteiger partial charge in [0.15, 0.2) is 0 Å². The van der Waals surface area contributed by atoms with Gasteiger partial charge in [0.25, 0.3) is 0 Å². The van der Waals surface area contributed by atoms with Crippen LogP contribution in [0.4, 0.5) is 0 Å². The van der Waals surface area contributed by atoms with Crippen LogP contribution < -0.4 is 5.09 Å². The monoisotopic (exact) mass is 209 g/mol. The summed E-state index contributed by atoms with van der Waals surface area (Å²) < 4.78 is 16.0. The molecule has 0 amide bonds. The third kappa shape index (κ3) is 8.44. The summed E-state index contributed by atoms with van der Waals surface area (Å²) in [7, 11) is -3.53. The summed E-state index contributed by atoms with van der Waals surface area (Å²) in [6, 6.07) is 0. The van der Waals surface area contributed by atoms with Gasteiger partial charge in [0.1, 0.15) is 0 Å². The van der Waals surface area contributed by atoms with Crippen molar-refractivity contribution in [3.05, 3.63) is 0 Å². The summed E-state index contributed by atoms with van der Waals surface area (Å²) >= 11 is 0. The van der Waals surface area contributed by atoms with E-state index in [0.29, 0.717) is 19.1 Å². The number of unbranched alkanes of at least 4 members (excludes halogenated alkanes) is 1. The molecule has 0 bridgehead atoms. The summed E-state index contributed by atoms with van der Waals surface area (Å²) in [6.07, 6.45) is 1.78. The molecule has 0 rings (SSSR count). The highest BCUT2D eigenvalue weighted by atomic mass is 31.2. The normalized spacial score (nSPS) is 16.1. The minimum atomic E-state index is -3.53. The van der Waals surface area contributed by atoms with Crippen molar-refractivity contribution in [3.8, 4) is 0 Å². The van der Waals surface area contributed by atoms with Crippen LogP contribution in [0.1, 0.15) is 33.6 Å². The maximum atomic E-state index is 11.2. The second-order valence-corrected chi connectivity index (χ2v) is 5.08. The fourth-order valence-electron chi connectivity index (χ4n) is 0.676. The first-order chi connectivity index (χ1) is 5.98. The third-order valence-corrected chi connectivity index (χ3v) is 2.58. The lowest BCUT2D eigenvalue weighted by molar-refractivity contribution is 0.244. The predicted octanol–water partition coefficient (Wildman–Crippen LogP) is 2.15. The Hall–Kier alpha value is 0.110. The van der Waals surface area contributed by atoms with E-state index < -0.39 is 7.75 Å². The molecule has 0 aromatic heterocycles. The van der Waals surface area contributed by atoms with E-state index in [9.17, 15) is 9.46 Å². The number of rotatable bonds is 7. The average Bonchev–Trinajstić information content (AvgIpc) is 2.02. The Balaban J connectivity index is 3.61. The van der Waals surface area contributed by atoms with Crippen LogP contribution in [0.5, 0.6) is 0 Å². The Morgan fingerprint density at radius 1 is 1.54 bits per heavy atom. The molecule has 0 aliphatic rings. The molecular weight excluding hydrogens is 189 g/mol. The van der Waals surface area contributed by atoms with Gasteiger partial charge in [-0.25, -0.2) is 9.65 Å². The largest absolute Gasteiger partial charge is 0.402 e. The van der Waals surface area contributed by atoms with Gasteiger partial charge in [0, 0.05) is 6.54 Å². The molecule has 1 unspecified atom stereocenters. The molecule has 0 aromatic carbocycles. The smallest absolute Gasteiger partial charge is 0.312 e. The molecule has 0 radical (unpaired) electrons. The molecule has 0 spiro atoms.